The van der Waals surface area contributed by atoms with Crippen molar-refractivity contribution in [2.75, 3.05) is 28.4 Å². The Balaban J connectivity index is 1.84. The van der Waals surface area contributed by atoms with Crippen LogP contribution in [0.25, 0.3) is 0 Å². The number of hydrogen-bond donors (Lipinski definition) is 3. The maximum Gasteiger partial charge on any atom is 0.511 e. The molecular formula is C21H18N6O7. The summed E-state index contributed by atoms with van der Waals surface area (Å²) >= 11 is 0. The molecule has 1 aliphatic rings. The number of benzene rings is 3. The van der Waals surface area contributed by atoms with E-state index in [-0.39, 0.29) is 28.5 Å². The van der Waals surface area contributed by atoms with E-state index in [1.54, 1.807) is 29.3 Å². The maximum atomic E-state index is 11.8. The minimum absolute atomic E-state index is 0.0740. The number of carboxylic acid groups (broad SMARTS) is 1. The standard InChI is InChI=1S/C21H18N6O7/c28-21(29)34-20-8-4-3-7-18(20)25(16-5-1-2-6-17(16)27(32)33)23-24-12-11-22-15-10-9-14(26(30)31)13-19(15)24/h1-10,13,22-23H,11-12H2,(H,28,29). The van der Waals surface area contributed by atoms with Crippen molar-refractivity contribution < 1.29 is 24.5 Å². The number of nitro benzene ring substituents is 2. The SMILES string of the molecule is O=C(O)Oc1ccccc1N(NN1CCNc2ccc([N+](=O)[O-])cc21)c1ccccc1[N+](=O)[O-]. The van der Waals surface area contributed by atoms with Gasteiger partial charge in [-0.2, -0.15) is 0 Å². The zero-order valence-electron chi connectivity index (χ0n) is 17.5. The normalized spacial score (nSPS) is 12.3. The number of carbonyl (C=O) groups is 1. The molecule has 0 aromatic heterocycles. The molecule has 13 nitrogen and oxygen atoms in total. The van der Waals surface area contributed by atoms with Gasteiger partial charge in [0.05, 0.1) is 27.8 Å². The van der Waals surface area contributed by atoms with Gasteiger partial charge in [-0.1, -0.05) is 24.3 Å². The molecule has 0 spiro atoms. The maximum absolute atomic E-state index is 11.8. The van der Waals surface area contributed by atoms with Crippen molar-refractivity contribution >= 4 is 40.3 Å². The number of rotatable bonds is 7. The highest BCUT2D eigenvalue weighted by Gasteiger charge is 2.28. The molecule has 0 bridgehead atoms. The smallest absolute Gasteiger partial charge is 0.449 e. The lowest BCUT2D eigenvalue weighted by molar-refractivity contribution is -0.384. The zero-order valence-corrected chi connectivity index (χ0v) is 17.5. The Kier molecular flexibility index (Phi) is 6.09. The van der Waals surface area contributed by atoms with E-state index in [0.717, 1.165) is 0 Å². The van der Waals surface area contributed by atoms with Crippen LogP contribution in [0.2, 0.25) is 0 Å². The van der Waals surface area contributed by atoms with Crippen LogP contribution in [-0.4, -0.2) is 34.2 Å². The second kappa shape index (κ2) is 9.30. The molecule has 174 valence electrons. The van der Waals surface area contributed by atoms with Crippen LogP contribution in [0, 0.1) is 20.2 Å². The number of ether oxygens (including phenoxy) is 1. The van der Waals surface area contributed by atoms with Gasteiger partial charge >= 0.3 is 6.16 Å². The van der Waals surface area contributed by atoms with Crippen LogP contribution in [-0.2, 0) is 0 Å². The number of nitro groups is 2. The summed E-state index contributed by atoms with van der Waals surface area (Å²) in [5.74, 6) is -0.0740. The molecule has 4 rings (SSSR count). The van der Waals surface area contributed by atoms with Gasteiger partial charge in [0.15, 0.2) is 5.75 Å². The van der Waals surface area contributed by atoms with Gasteiger partial charge in [0, 0.05) is 24.7 Å². The minimum atomic E-state index is -1.56. The Bertz CT molecular complexity index is 1270. The van der Waals surface area contributed by atoms with Crippen LogP contribution in [0.1, 0.15) is 0 Å². The first-order valence-corrected chi connectivity index (χ1v) is 9.94. The van der Waals surface area contributed by atoms with Crippen molar-refractivity contribution in [1.29, 1.82) is 0 Å². The Labute approximate surface area is 192 Å². The van der Waals surface area contributed by atoms with Gasteiger partial charge < -0.3 is 15.2 Å². The van der Waals surface area contributed by atoms with E-state index >= 15 is 0 Å². The van der Waals surface area contributed by atoms with E-state index < -0.39 is 16.0 Å². The van der Waals surface area contributed by atoms with Crippen LogP contribution in [0.15, 0.2) is 66.7 Å². The predicted octanol–water partition coefficient (Wildman–Crippen LogP) is 4.05. The Morgan fingerprint density at radius 2 is 1.74 bits per heavy atom. The summed E-state index contributed by atoms with van der Waals surface area (Å²) in [4.78, 5) is 33.2. The monoisotopic (exact) mass is 466 g/mol. The van der Waals surface area contributed by atoms with Crippen LogP contribution in [0.4, 0.5) is 38.9 Å². The van der Waals surface area contributed by atoms with Crippen LogP contribution >= 0.6 is 0 Å². The summed E-state index contributed by atoms with van der Waals surface area (Å²) in [5.41, 5.74) is 3.97. The van der Waals surface area contributed by atoms with Gasteiger partial charge in [-0.05, 0) is 24.3 Å². The molecule has 0 radical (unpaired) electrons. The number of nitrogens with one attached hydrogen (secondary N) is 2. The minimum Gasteiger partial charge on any atom is -0.449 e. The molecule has 3 aromatic carbocycles. The highest BCUT2D eigenvalue weighted by molar-refractivity contribution is 5.79. The van der Waals surface area contributed by atoms with E-state index in [1.165, 1.54) is 47.5 Å². The van der Waals surface area contributed by atoms with Gasteiger partial charge in [-0.25, -0.2) is 9.80 Å². The van der Waals surface area contributed by atoms with E-state index in [9.17, 15) is 25.0 Å². The Morgan fingerprint density at radius 1 is 1.03 bits per heavy atom. The molecule has 0 fully saturated rings. The first-order valence-electron chi connectivity index (χ1n) is 9.94. The lowest BCUT2D eigenvalue weighted by Crippen LogP contribution is -2.51. The van der Waals surface area contributed by atoms with Crippen LogP contribution in [0.5, 0.6) is 5.75 Å². The molecular weight excluding hydrogens is 448 g/mol. The molecule has 0 aliphatic carbocycles. The van der Waals surface area contributed by atoms with Crippen molar-refractivity contribution in [3.8, 4) is 5.75 Å². The largest absolute Gasteiger partial charge is 0.511 e. The molecule has 0 atom stereocenters. The summed E-state index contributed by atoms with van der Waals surface area (Å²) in [6, 6.07) is 16.3. The first-order chi connectivity index (χ1) is 16.3. The molecule has 3 N–H and O–H groups in total. The van der Waals surface area contributed by atoms with Crippen molar-refractivity contribution in [2.45, 2.75) is 0 Å². The molecule has 0 saturated carbocycles. The summed E-state index contributed by atoms with van der Waals surface area (Å²) in [6.45, 7) is 0.795. The van der Waals surface area contributed by atoms with E-state index in [0.29, 0.717) is 24.5 Å². The fourth-order valence-electron chi connectivity index (χ4n) is 3.52. The number of nitrogens with zero attached hydrogens (tertiary/aromatic N) is 4. The van der Waals surface area contributed by atoms with Gasteiger partial charge in [0.2, 0.25) is 0 Å². The predicted molar refractivity (Wildman–Crippen MR) is 122 cm³/mol. The number of fused-ring (bicyclic) bond motifs is 1. The van der Waals surface area contributed by atoms with E-state index in [1.807, 2.05) is 0 Å². The molecule has 0 amide bonds. The molecule has 13 heteroatoms. The summed E-state index contributed by atoms with van der Waals surface area (Å²) < 4.78 is 4.90. The topological polar surface area (TPSA) is 163 Å². The van der Waals surface area contributed by atoms with Gasteiger partial charge in [0.1, 0.15) is 11.4 Å². The summed E-state index contributed by atoms with van der Waals surface area (Å²) in [7, 11) is 0. The van der Waals surface area contributed by atoms with Crippen LogP contribution in [0.3, 0.4) is 0 Å². The number of hydrazine groups is 2. The lowest BCUT2D eigenvalue weighted by atomic mass is 10.2. The van der Waals surface area contributed by atoms with E-state index in [2.05, 4.69) is 10.9 Å². The number of anilines is 4. The quantitative estimate of drug-likeness (QED) is 0.199. The fraction of sp³-hybridized carbons (Fsp3) is 0.0952. The third-order valence-corrected chi connectivity index (χ3v) is 4.98. The van der Waals surface area contributed by atoms with Crippen LogP contribution < -0.4 is 25.6 Å². The first kappa shape index (κ1) is 22.3. The van der Waals surface area contributed by atoms with Crippen molar-refractivity contribution in [3.63, 3.8) is 0 Å². The molecule has 0 unspecified atom stereocenters. The van der Waals surface area contributed by atoms with Gasteiger partial charge in [0.25, 0.3) is 11.4 Å². The Morgan fingerprint density at radius 3 is 2.44 bits per heavy atom. The molecule has 34 heavy (non-hydrogen) atoms. The van der Waals surface area contributed by atoms with Gasteiger partial charge in [-0.15, -0.1) is 5.53 Å². The lowest BCUT2D eigenvalue weighted by Gasteiger charge is -2.37. The second-order valence-electron chi connectivity index (χ2n) is 7.05. The molecule has 0 saturated heterocycles. The highest BCUT2D eigenvalue weighted by Crippen LogP contribution is 2.39. The average Bonchev–Trinajstić information content (AvgIpc) is 2.82. The number of non-ortho nitro benzene ring substituents is 1. The Hall–Kier alpha value is -4.91. The van der Waals surface area contributed by atoms with E-state index in [4.69, 9.17) is 9.84 Å². The summed E-state index contributed by atoms with van der Waals surface area (Å²) in [5, 5.41) is 38.3. The average molecular weight is 466 g/mol. The zero-order chi connectivity index (χ0) is 24.2. The highest BCUT2D eigenvalue weighted by atomic mass is 16.7. The van der Waals surface area contributed by atoms with Crippen molar-refractivity contribution in [3.05, 3.63) is 87.0 Å². The molecule has 3 aromatic rings. The number of hydrogen-bond acceptors (Lipinski definition) is 10. The summed E-state index contributed by atoms with van der Waals surface area (Å²) in [6.07, 6.45) is -1.56. The van der Waals surface area contributed by atoms with Crippen molar-refractivity contribution in [1.82, 2.24) is 5.53 Å². The fourth-order valence-corrected chi connectivity index (χ4v) is 3.52. The molecule has 1 heterocycles. The third-order valence-electron chi connectivity index (χ3n) is 4.98. The van der Waals surface area contributed by atoms with Crippen molar-refractivity contribution in [2.24, 2.45) is 0 Å². The second-order valence-corrected chi connectivity index (χ2v) is 7.05. The molecule has 1 aliphatic heterocycles. The number of para-hydroxylation sites is 4. The van der Waals surface area contributed by atoms with Gasteiger partial charge in [-0.3, -0.25) is 25.2 Å². The third kappa shape index (κ3) is 4.49.